The second-order valence-electron chi connectivity index (χ2n) is 6.09. The van der Waals surface area contributed by atoms with E-state index in [0.29, 0.717) is 25.9 Å². The molecule has 1 fully saturated rings. The van der Waals surface area contributed by atoms with E-state index in [2.05, 4.69) is 15.5 Å². The second-order valence-corrected chi connectivity index (χ2v) is 6.09. The Morgan fingerprint density at radius 3 is 2.54 bits per heavy atom. The molecule has 0 bridgehead atoms. The molecule has 1 aliphatic heterocycles. The molecule has 0 saturated carbocycles. The van der Waals surface area contributed by atoms with Crippen LogP contribution in [0, 0.1) is 13.8 Å². The number of H-pyrrole nitrogens is 1. The molecule has 8 heteroatoms. The van der Waals surface area contributed by atoms with Gasteiger partial charge in [0.25, 0.3) is 0 Å². The van der Waals surface area contributed by atoms with E-state index in [1.54, 1.807) is 9.80 Å². The summed E-state index contributed by atoms with van der Waals surface area (Å²) in [7, 11) is 1.54. The molecule has 0 spiro atoms. The van der Waals surface area contributed by atoms with E-state index >= 15 is 0 Å². The van der Waals surface area contributed by atoms with E-state index in [-0.39, 0.29) is 24.3 Å². The van der Waals surface area contributed by atoms with Gasteiger partial charge in [0.05, 0.1) is 12.2 Å². The number of carbonyl (C=O) groups excluding carboxylic acids is 3. The number of rotatable bonds is 4. The van der Waals surface area contributed by atoms with Gasteiger partial charge in [0.15, 0.2) is 0 Å². The van der Waals surface area contributed by atoms with Gasteiger partial charge in [0, 0.05) is 39.2 Å². The van der Waals surface area contributed by atoms with E-state index in [0.717, 1.165) is 17.0 Å². The molecule has 1 saturated heterocycles. The van der Waals surface area contributed by atoms with E-state index in [4.69, 9.17) is 0 Å². The lowest BCUT2D eigenvalue weighted by Crippen LogP contribution is -2.61. The molecule has 0 radical (unpaired) electrons. The molecule has 1 aliphatic rings. The Bertz CT molecular complexity index is 620. The number of likely N-dealkylation sites (N-methyl/N-ethyl adjacent to an activating group) is 1. The Morgan fingerprint density at radius 2 is 2.00 bits per heavy atom. The molecule has 24 heavy (non-hydrogen) atoms. The summed E-state index contributed by atoms with van der Waals surface area (Å²) in [4.78, 5) is 39.5. The summed E-state index contributed by atoms with van der Waals surface area (Å²) in [5.74, 6) is -0.405. The van der Waals surface area contributed by atoms with Crippen molar-refractivity contribution in [3.63, 3.8) is 0 Å². The fourth-order valence-electron chi connectivity index (χ4n) is 3.08. The molecule has 0 aromatic carbocycles. The van der Waals surface area contributed by atoms with Gasteiger partial charge in [-0.05, 0) is 25.8 Å². The highest BCUT2D eigenvalue weighted by Gasteiger charge is 2.35. The minimum Gasteiger partial charge on any atom is -0.357 e. The topological polar surface area (TPSA) is 98.4 Å². The average Bonchev–Trinajstić information content (AvgIpc) is 2.89. The van der Waals surface area contributed by atoms with Crippen LogP contribution in [0.25, 0.3) is 0 Å². The lowest BCUT2D eigenvalue weighted by Gasteiger charge is -2.40. The molecule has 0 aliphatic carbocycles. The van der Waals surface area contributed by atoms with Crippen molar-refractivity contribution in [3.8, 4) is 0 Å². The molecule has 132 valence electrons. The van der Waals surface area contributed by atoms with Crippen molar-refractivity contribution < 1.29 is 14.4 Å². The summed E-state index contributed by atoms with van der Waals surface area (Å²) in [5.41, 5.74) is 2.90. The number of aromatic nitrogens is 2. The predicted molar refractivity (Wildman–Crippen MR) is 88.2 cm³/mol. The zero-order valence-corrected chi connectivity index (χ0v) is 14.7. The fraction of sp³-hybridized carbons (Fsp3) is 0.625. The molecule has 2 heterocycles. The fourth-order valence-corrected chi connectivity index (χ4v) is 3.08. The largest absolute Gasteiger partial charge is 0.357 e. The number of amides is 3. The standard InChI is InChI=1S/C16H25N5O3/c1-10-13(11(2)19-18-10)5-6-15(23)21-8-7-20(12(3)22)9-14(21)16(24)17-4/h14H,5-9H2,1-4H3,(H,17,24)(H,18,19). The molecule has 2 N–H and O–H groups in total. The molecule has 1 unspecified atom stereocenters. The molecule has 2 rings (SSSR count). The average molecular weight is 335 g/mol. The third-order valence-corrected chi connectivity index (χ3v) is 4.56. The highest BCUT2D eigenvalue weighted by Crippen LogP contribution is 2.16. The lowest BCUT2D eigenvalue weighted by molar-refractivity contribution is -0.147. The Balaban J connectivity index is 2.06. The van der Waals surface area contributed by atoms with Gasteiger partial charge in [-0.15, -0.1) is 0 Å². The SMILES string of the molecule is CNC(=O)C1CN(C(C)=O)CCN1C(=O)CCc1c(C)n[nH]c1C. The molecule has 1 aromatic rings. The number of hydrogen-bond acceptors (Lipinski definition) is 4. The van der Waals surface area contributed by atoms with Gasteiger partial charge in [-0.1, -0.05) is 0 Å². The Morgan fingerprint density at radius 1 is 1.29 bits per heavy atom. The van der Waals surface area contributed by atoms with Crippen LogP contribution < -0.4 is 5.32 Å². The van der Waals surface area contributed by atoms with E-state index in [9.17, 15) is 14.4 Å². The van der Waals surface area contributed by atoms with Crippen LogP contribution in [0.1, 0.15) is 30.3 Å². The molecular weight excluding hydrogens is 310 g/mol. The first-order valence-electron chi connectivity index (χ1n) is 8.12. The number of hydrogen-bond donors (Lipinski definition) is 2. The van der Waals surface area contributed by atoms with Crippen LogP contribution in [0.3, 0.4) is 0 Å². The highest BCUT2D eigenvalue weighted by molar-refractivity contribution is 5.89. The van der Waals surface area contributed by atoms with Gasteiger partial charge in [0.2, 0.25) is 17.7 Å². The maximum absolute atomic E-state index is 12.6. The van der Waals surface area contributed by atoms with E-state index < -0.39 is 6.04 Å². The number of aromatic amines is 1. The number of nitrogens with one attached hydrogen (secondary N) is 2. The Labute approximate surface area is 141 Å². The number of carbonyl (C=O) groups is 3. The third-order valence-electron chi connectivity index (χ3n) is 4.56. The van der Waals surface area contributed by atoms with Crippen molar-refractivity contribution in [1.82, 2.24) is 25.3 Å². The van der Waals surface area contributed by atoms with Crippen LogP contribution in [-0.2, 0) is 20.8 Å². The monoisotopic (exact) mass is 335 g/mol. The van der Waals surface area contributed by atoms with Gasteiger partial charge in [0.1, 0.15) is 6.04 Å². The Kier molecular flexibility index (Phi) is 5.58. The zero-order chi connectivity index (χ0) is 17.9. The molecular formula is C16H25N5O3. The van der Waals surface area contributed by atoms with E-state index in [1.165, 1.54) is 14.0 Å². The van der Waals surface area contributed by atoms with Crippen LogP contribution in [0.5, 0.6) is 0 Å². The quantitative estimate of drug-likeness (QED) is 0.794. The first-order valence-corrected chi connectivity index (χ1v) is 8.12. The minimum atomic E-state index is -0.633. The van der Waals surface area contributed by atoms with Crippen molar-refractivity contribution in [2.45, 2.75) is 39.7 Å². The maximum atomic E-state index is 12.6. The smallest absolute Gasteiger partial charge is 0.244 e. The first kappa shape index (κ1) is 18.0. The summed E-state index contributed by atoms with van der Waals surface area (Å²) >= 11 is 0. The van der Waals surface area contributed by atoms with Gasteiger partial charge >= 0.3 is 0 Å². The van der Waals surface area contributed by atoms with Crippen LogP contribution in [0.4, 0.5) is 0 Å². The van der Waals surface area contributed by atoms with Crippen LogP contribution >= 0.6 is 0 Å². The molecule has 1 aromatic heterocycles. The van der Waals surface area contributed by atoms with Crippen molar-refractivity contribution in [2.24, 2.45) is 0 Å². The first-order chi connectivity index (χ1) is 11.3. The summed E-state index contributed by atoms with van der Waals surface area (Å²) in [5, 5.41) is 9.63. The molecule has 1 atom stereocenters. The van der Waals surface area contributed by atoms with Crippen LogP contribution in [0.15, 0.2) is 0 Å². The predicted octanol–water partition coefficient (Wildman–Crippen LogP) is -0.236. The summed E-state index contributed by atoms with van der Waals surface area (Å²) in [6, 6.07) is -0.633. The van der Waals surface area contributed by atoms with Crippen molar-refractivity contribution in [2.75, 3.05) is 26.7 Å². The van der Waals surface area contributed by atoms with Crippen LogP contribution in [0.2, 0.25) is 0 Å². The van der Waals surface area contributed by atoms with Gasteiger partial charge in [-0.25, -0.2) is 0 Å². The lowest BCUT2D eigenvalue weighted by atomic mass is 10.1. The Hall–Kier alpha value is -2.38. The summed E-state index contributed by atoms with van der Waals surface area (Å²) < 4.78 is 0. The third kappa shape index (κ3) is 3.74. The number of nitrogens with zero attached hydrogens (tertiary/aromatic N) is 3. The highest BCUT2D eigenvalue weighted by atomic mass is 16.2. The van der Waals surface area contributed by atoms with Crippen LogP contribution in [-0.4, -0.2) is 70.4 Å². The number of piperazine rings is 1. The van der Waals surface area contributed by atoms with E-state index in [1.807, 2.05) is 13.8 Å². The summed E-state index contributed by atoms with van der Waals surface area (Å²) in [6.45, 7) is 6.38. The minimum absolute atomic E-state index is 0.0770. The maximum Gasteiger partial charge on any atom is 0.244 e. The summed E-state index contributed by atoms with van der Waals surface area (Å²) in [6.07, 6.45) is 0.898. The second kappa shape index (κ2) is 7.46. The van der Waals surface area contributed by atoms with Gasteiger partial charge in [-0.3, -0.25) is 19.5 Å². The van der Waals surface area contributed by atoms with Crippen molar-refractivity contribution in [3.05, 3.63) is 17.0 Å². The molecule has 3 amide bonds. The normalized spacial score (nSPS) is 17.8. The van der Waals surface area contributed by atoms with Crippen molar-refractivity contribution >= 4 is 17.7 Å². The zero-order valence-electron chi connectivity index (χ0n) is 14.7. The number of aryl methyl sites for hydroxylation is 2. The van der Waals surface area contributed by atoms with Gasteiger partial charge < -0.3 is 15.1 Å². The van der Waals surface area contributed by atoms with Gasteiger partial charge in [-0.2, -0.15) is 5.10 Å². The molecule has 8 nitrogen and oxygen atoms in total. The van der Waals surface area contributed by atoms with Crippen molar-refractivity contribution in [1.29, 1.82) is 0 Å².